The molecule has 0 atom stereocenters. The monoisotopic (exact) mass is 442 g/mol. The van der Waals surface area contributed by atoms with Crippen LogP contribution in [0, 0.1) is 10.8 Å². The van der Waals surface area contributed by atoms with E-state index >= 15 is 0 Å². The summed E-state index contributed by atoms with van der Waals surface area (Å²) in [6.45, 7) is 1.76. The van der Waals surface area contributed by atoms with Crippen molar-refractivity contribution >= 4 is 23.4 Å². The van der Waals surface area contributed by atoms with Gasteiger partial charge in [0.2, 0.25) is 5.95 Å². The summed E-state index contributed by atoms with van der Waals surface area (Å²) in [6, 6.07) is 7.44. The highest BCUT2D eigenvalue weighted by molar-refractivity contribution is 5.66. The summed E-state index contributed by atoms with van der Waals surface area (Å²) in [6.07, 6.45) is 6.37. The predicted octanol–water partition coefficient (Wildman–Crippen LogP) is 3.62. The fourth-order valence-electron chi connectivity index (χ4n) is 3.85. The largest absolute Gasteiger partial charge is 0.508 e. The molecule has 0 spiro atoms. The molecule has 0 radical (unpaired) electrons. The van der Waals surface area contributed by atoms with Crippen molar-refractivity contribution in [1.29, 1.82) is 0 Å². The van der Waals surface area contributed by atoms with E-state index in [1.165, 1.54) is 6.20 Å². The first-order valence-corrected chi connectivity index (χ1v) is 11.0. The van der Waals surface area contributed by atoms with Gasteiger partial charge in [-0.3, -0.25) is 4.79 Å². The summed E-state index contributed by atoms with van der Waals surface area (Å²) in [5, 5.41) is 31.3. The quantitative estimate of drug-likeness (QED) is 0.245. The molecule has 2 aromatic rings. The van der Waals surface area contributed by atoms with Gasteiger partial charge in [0.05, 0.1) is 6.20 Å². The number of carbonyl (C=O) groups is 1. The molecule has 1 aromatic heterocycles. The Balaban J connectivity index is 1.46. The van der Waals surface area contributed by atoms with Crippen molar-refractivity contribution in [2.24, 2.45) is 11.1 Å². The van der Waals surface area contributed by atoms with Crippen LogP contribution in [-0.2, 0) is 11.3 Å². The minimum Gasteiger partial charge on any atom is -0.508 e. The number of anilines is 2. The van der Waals surface area contributed by atoms with Crippen molar-refractivity contribution in [2.45, 2.75) is 51.1 Å². The van der Waals surface area contributed by atoms with Gasteiger partial charge in [0, 0.05) is 31.1 Å². The number of phenolic OH excluding ortho intramolecular Hbond substituents is 1. The number of benzene rings is 1. The number of aliphatic carboxylic acids is 1. The van der Waals surface area contributed by atoms with Gasteiger partial charge < -0.3 is 26.2 Å². The van der Waals surface area contributed by atoms with Crippen LogP contribution >= 0.6 is 0 Å². The van der Waals surface area contributed by atoms with E-state index in [0.29, 0.717) is 43.2 Å². The highest BCUT2D eigenvalue weighted by Crippen LogP contribution is 2.27. The van der Waals surface area contributed by atoms with E-state index in [0.717, 1.165) is 37.8 Å². The highest BCUT2D eigenvalue weighted by Gasteiger charge is 2.21. The SMILES string of the molecule is O=Nc1cnc(NCc2ccccc2O)nc1NCC1CCC(NCCCC(=O)O)CC1. The number of carboxylic acid groups (broad SMARTS) is 1. The van der Waals surface area contributed by atoms with Gasteiger partial charge in [0.25, 0.3) is 0 Å². The van der Waals surface area contributed by atoms with E-state index < -0.39 is 5.97 Å². The number of carboxylic acids is 1. The molecule has 10 nitrogen and oxygen atoms in total. The summed E-state index contributed by atoms with van der Waals surface area (Å²) in [5.74, 6) is 0.629. The van der Waals surface area contributed by atoms with Gasteiger partial charge >= 0.3 is 5.97 Å². The predicted molar refractivity (Wildman–Crippen MR) is 122 cm³/mol. The first-order valence-electron chi connectivity index (χ1n) is 11.0. The number of nitroso groups, excluding NO2 is 1. The van der Waals surface area contributed by atoms with E-state index in [9.17, 15) is 14.8 Å². The van der Waals surface area contributed by atoms with Gasteiger partial charge in [-0.2, -0.15) is 4.98 Å². The Labute approximate surface area is 186 Å². The second-order valence-corrected chi connectivity index (χ2v) is 8.05. The zero-order valence-corrected chi connectivity index (χ0v) is 18.0. The molecule has 0 unspecified atom stereocenters. The molecule has 0 amide bonds. The topological polar surface area (TPSA) is 149 Å². The first kappa shape index (κ1) is 23.4. The van der Waals surface area contributed by atoms with Crippen molar-refractivity contribution in [3.8, 4) is 5.75 Å². The summed E-state index contributed by atoms with van der Waals surface area (Å²) < 4.78 is 0. The van der Waals surface area contributed by atoms with Crippen LogP contribution in [0.15, 0.2) is 35.6 Å². The Morgan fingerprint density at radius 3 is 2.66 bits per heavy atom. The summed E-state index contributed by atoms with van der Waals surface area (Å²) in [5.41, 5.74) is 0.878. The van der Waals surface area contributed by atoms with Gasteiger partial charge in [-0.15, -0.1) is 4.91 Å². The second kappa shape index (κ2) is 11.9. The number of hydrogen-bond donors (Lipinski definition) is 5. The molecule has 172 valence electrons. The van der Waals surface area contributed by atoms with Crippen molar-refractivity contribution in [1.82, 2.24) is 15.3 Å². The lowest BCUT2D eigenvalue weighted by atomic mass is 9.86. The lowest BCUT2D eigenvalue weighted by Crippen LogP contribution is -2.35. The molecule has 5 N–H and O–H groups in total. The molecule has 0 bridgehead atoms. The van der Waals surface area contributed by atoms with Crippen molar-refractivity contribution in [2.75, 3.05) is 23.7 Å². The number of rotatable bonds is 12. The lowest BCUT2D eigenvalue weighted by Gasteiger charge is -2.29. The van der Waals surface area contributed by atoms with Crippen LogP contribution in [0.5, 0.6) is 5.75 Å². The fraction of sp³-hybridized carbons (Fsp3) is 0.500. The number of nitrogens with one attached hydrogen (secondary N) is 3. The van der Waals surface area contributed by atoms with E-state index in [4.69, 9.17) is 5.11 Å². The third kappa shape index (κ3) is 7.16. The second-order valence-electron chi connectivity index (χ2n) is 8.05. The van der Waals surface area contributed by atoms with Crippen LogP contribution in [0.1, 0.15) is 44.1 Å². The molecule has 1 aliphatic carbocycles. The van der Waals surface area contributed by atoms with Crippen LogP contribution in [0.3, 0.4) is 0 Å². The summed E-state index contributed by atoms with van der Waals surface area (Å²) >= 11 is 0. The lowest BCUT2D eigenvalue weighted by molar-refractivity contribution is -0.137. The number of aromatic nitrogens is 2. The molecule has 1 saturated carbocycles. The van der Waals surface area contributed by atoms with Gasteiger partial charge in [-0.1, -0.05) is 18.2 Å². The van der Waals surface area contributed by atoms with E-state index in [-0.39, 0.29) is 17.9 Å². The molecular weight excluding hydrogens is 412 g/mol. The molecule has 0 aliphatic heterocycles. The molecule has 1 aliphatic rings. The van der Waals surface area contributed by atoms with E-state index in [2.05, 4.69) is 31.1 Å². The van der Waals surface area contributed by atoms with Crippen LogP contribution in [0.25, 0.3) is 0 Å². The zero-order chi connectivity index (χ0) is 22.8. The van der Waals surface area contributed by atoms with E-state index in [1.807, 2.05) is 6.07 Å². The maximum absolute atomic E-state index is 11.2. The number of hydrogen-bond acceptors (Lipinski definition) is 9. The van der Waals surface area contributed by atoms with E-state index in [1.54, 1.807) is 18.2 Å². The normalized spacial score (nSPS) is 18.1. The van der Waals surface area contributed by atoms with Crippen molar-refractivity contribution in [3.05, 3.63) is 40.9 Å². The molecule has 32 heavy (non-hydrogen) atoms. The number of para-hydroxylation sites is 1. The van der Waals surface area contributed by atoms with Gasteiger partial charge in [0.1, 0.15) is 5.75 Å². The van der Waals surface area contributed by atoms with Gasteiger partial charge in [-0.05, 0) is 55.8 Å². The minimum absolute atomic E-state index is 0.159. The van der Waals surface area contributed by atoms with Gasteiger partial charge in [0.15, 0.2) is 11.5 Å². The summed E-state index contributed by atoms with van der Waals surface area (Å²) in [7, 11) is 0. The molecule has 1 aromatic carbocycles. The van der Waals surface area contributed by atoms with Crippen LogP contribution in [0.2, 0.25) is 0 Å². The number of nitrogens with zero attached hydrogens (tertiary/aromatic N) is 3. The summed E-state index contributed by atoms with van der Waals surface area (Å²) in [4.78, 5) is 30.2. The van der Waals surface area contributed by atoms with Crippen molar-refractivity contribution < 1.29 is 15.0 Å². The van der Waals surface area contributed by atoms with Crippen LogP contribution in [0.4, 0.5) is 17.5 Å². The standard InChI is InChI=1S/C22H30N6O4/c29-19-5-2-1-4-16(19)13-25-22-26-14-18(28-32)21(27-22)24-12-15-7-9-17(10-8-15)23-11-3-6-20(30)31/h1-2,4-5,14-15,17,23,29H,3,6-13H2,(H,30,31)(H2,24,25,26,27). The van der Waals surface area contributed by atoms with Crippen molar-refractivity contribution in [3.63, 3.8) is 0 Å². The van der Waals surface area contributed by atoms with Gasteiger partial charge in [-0.25, -0.2) is 4.98 Å². The third-order valence-corrected chi connectivity index (χ3v) is 5.70. The Morgan fingerprint density at radius 1 is 1.16 bits per heavy atom. The molecule has 1 fully saturated rings. The minimum atomic E-state index is -0.757. The maximum atomic E-state index is 11.2. The molecule has 1 heterocycles. The Morgan fingerprint density at radius 2 is 1.94 bits per heavy atom. The smallest absolute Gasteiger partial charge is 0.303 e. The average Bonchev–Trinajstić information content (AvgIpc) is 2.80. The molecule has 3 rings (SSSR count). The number of phenols is 1. The van der Waals surface area contributed by atoms with Crippen LogP contribution in [-0.4, -0.2) is 45.3 Å². The third-order valence-electron chi connectivity index (χ3n) is 5.70. The molecular formula is C22H30N6O4. The average molecular weight is 443 g/mol. The Hall–Kier alpha value is -3.27. The highest BCUT2D eigenvalue weighted by atomic mass is 16.4. The number of aromatic hydroxyl groups is 1. The Bertz CT molecular complexity index is 902. The van der Waals surface area contributed by atoms with Crippen LogP contribution < -0.4 is 16.0 Å². The molecule has 0 saturated heterocycles. The first-order chi connectivity index (χ1) is 15.5. The molecule has 10 heteroatoms. The fourth-order valence-corrected chi connectivity index (χ4v) is 3.85. The zero-order valence-electron chi connectivity index (χ0n) is 18.0. The maximum Gasteiger partial charge on any atom is 0.303 e. The Kier molecular flexibility index (Phi) is 8.73.